The number of nitrogens with one attached hydrogen (secondary N) is 1. The fourth-order valence-corrected chi connectivity index (χ4v) is 1.87. The predicted octanol–water partition coefficient (Wildman–Crippen LogP) is 1.29. The number of nitrogens with two attached hydrogens (primary N) is 1. The molecular formula is C14H18N4O2. The second kappa shape index (κ2) is 6.60. The largest absolute Gasteiger partial charge is 0.496 e. The molecule has 1 aromatic carbocycles. The van der Waals surface area contributed by atoms with Gasteiger partial charge in [0.05, 0.1) is 12.7 Å². The van der Waals surface area contributed by atoms with Crippen molar-refractivity contribution in [2.24, 2.45) is 0 Å². The van der Waals surface area contributed by atoms with Crippen molar-refractivity contribution >= 4 is 11.6 Å². The van der Waals surface area contributed by atoms with E-state index in [1.807, 2.05) is 16.9 Å². The molecule has 2 rings (SSSR count). The summed E-state index contributed by atoms with van der Waals surface area (Å²) in [6.07, 6.45) is 4.44. The fourth-order valence-electron chi connectivity index (χ4n) is 1.87. The lowest BCUT2D eigenvalue weighted by Crippen LogP contribution is -2.25. The highest BCUT2D eigenvalue weighted by Crippen LogP contribution is 2.21. The predicted molar refractivity (Wildman–Crippen MR) is 76.6 cm³/mol. The van der Waals surface area contributed by atoms with Gasteiger partial charge in [0, 0.05) is 37.2 Å². The molecule has 6 nitrogen and oxygen atoms in total. The van der Waals surface area contributed by atoms with Crippen molar-refractivity contribution in [3.8, 4) is 5.75 Å². The van der Waals surface area contributed by atoms with Crippen LogP contribution in [0.2, 0.25) is 0 Å². The Morgan fingerprint density at radius 3 is 3.05 bits per heavy atom. The van der Waals surface area contributed by atoms with Gasteiger partial charge >= 0.3 is 0 Å². The summed E-state index contributed by atoms with van der Waals surface area (Å²) in [5, 5.41) is 6.95. The summed E-state index contributed by atoms with van der Waals surface area (Å²) < 4.78 is 6.99. The summed E-state index contributed by atoms with van der Waals surface area (Å²) in [5.74, 6) is 0.317. The van der Waals surface area contributed by atoms with Crippen LogP contribution in [-0.2, 0) is 6.54 Å². The number of hydrogen-bond donors (Lipinski definition) is 2. The van der Waals surface area contributed by atoms with Gasteiger partial charge in [-0.3, -0.25) is 9.48 Å². The first-order chi connectivity index (χ1) is 9.70. The van der Waals surface area contributed by atoms with Gasteiger partial charge in [0.25, 0.3) is 5.91 Å². The molecule has 0 saturated heterocycles. The first-order valence-electron chi connectivity index (χ1n) is 6.40. The van der Waals surface area contributed by atoms with Crippen molar-refractivity contribution < 1.29 is 9.53 Å². The average Bonchev–Trinajstić information content (AvgIpc) is 2.96. The quantitative estimate of drug-likeness (QED) is 0.614. The highest BCUT2D eigenvalue weighted by Gasteiger charge is 2.11. The maximum atomic E-state index is 12.0. The van der Waals surface area contributed by atoms with Crippen LogP contribution < -0.4 is 15.8 Å². The Morgan fingerprint density at radius 2 is 2.35 bits per heavy atom. The summed E-state index contributed by atoms with van der Waals surface area (Å²) in [4.78, 5) is 12.0. The zero-order chi connectivity index (χ0) is 14.4. The van der Waals surface area contributed by atoms with Crippen molar-refractivity contribution in [3.05, 3.63) is 42.2 Å². The number of nitrogen functional groups attached to an aromatic ring is 1. The van der Waals surface area contributed by atoms with Crippen LogP contribution in [0.5, 0.6) is 5.75 Å². The van der Waals surface area contributed by atoms with Gasteiger partial charge in [-0.2, -0.15) is 5.10 Å². The van der Waals surface area contributed by atoms with Crippen LogP contribution in [-0.4, -0.2) is 29.3 Å². The first-order valence-corrected chi connectivity index (χ1v) is 6.40. The number of amides is 1. The third-order valence-electron chi connectivity index (χ3n) is 2.88. The Kier molecular flexibility index (Phi) is 4.60. The molecule has 0 saturated carbocycles. The van der Waals surface area contributed by atoms with E-state index in [1.165, 1.54) is 7.11 Å². The minimum Gasteiger partial charge on any atom is -0.496 e. The molecule has 20 heavy (non-hydrogen) atoms. The molecule has 1 amide bonds. The molecule has 0 aliphatic carbocycles. The smallest absolute Gasteiger partial charge is 0.255 e. The summed E-state index contributed by atoms with van der Waals surface area (Å²) in [7, 11) is 1.52. The molecule has 1 aromatic heterocycles. The lowest BCUT2D eigenvalue weighted by molar-refractivity contribution is 0.0949. The Hall–Kier alpha value is -2.50. The maximum Gasteiger partial charge on any atom is 0.255 e. The minimum atomic E-state index is -0.165. The monoisotopic (exact) mass is 274 g/mol. The highest BCUT2D eigenvalue weighted by atomic mass is 16.5. The number of rotatable bonds is 6. The van der Waals surface area contributed by atoms with Gasteiger partial charge in [0.2, 0.25) is 0 Å². The van der Waals surface area contributed by atoms with Crippen molar-refractivity contribution in [2.45, 2.75) is 13.0 Å². The second-order valence-electron chi connectivity index (χ2n) is 4.34. The first kappa shape index (κ1) is 13.9. The molecule has 1 heterocycles. The van der Waals surface area contributed by atoms with Crippen LogP contribution in [0.15, 0.2) is 36.7 Å². The molecule has 0 aliphatic rings. The SMILES string of the molecule is COc1cc(N)ccc1C(=O)NCCCn1cccn1. The lowest BCUT2D eigenvalue weighted by Gasteiger charge is -2.10. The molecule has 0 spiro atoms. The molecular weight excluding hydrogens is 256 g/mol. The summed E-state index contributed by atoms with van der Waals surface area (Å²) in [6.45, 7) is 1.35. The van der Waals surface area contributed by atoms with Gasteiger partial charge in [0.1, 0.15) is 5.75 Å². The number of methoxy groups -OCH3 is 1. The third kappa shape index (κ3) is 3.50. The molecule has 106 valence electrons. The van der Waals surface area contributed by atoms with Crippen LogP contribution in [0, 0.1) is 0 Å². The number of carbonyl (C=O) groups is 1. The van der Waals surface area contributed by atoms with E-state index < -0.39 is 0 Å². The molecule has 0 atom stereocenters. The number of nitrogens with zero attached hydrogens (tertiary/aromatic N) is 2. The van der Waals surface area contributed by atoms with Gasteiger partial charge in [-0.15, -0.1) is 0 Å². The van der Waals surface area contributed by atoms with E-state index in [4.69, 9.17) is 10.5 Å². The van der Waals surface area contributed by atoms with E-state index in [1.54, 1.807) is 24.4 Å². The summed E-state index contributed by atoms with van der Waals surface area (Å²) in [6, 6.07) is 6.86. The van der Waals surface area contributed by atoms with E-state index in [-0.39, 0.29) is 5.91 Å². The molecule has 0 aliphatic heterocycles. The van der Waals surface area contributed by atoms with Crippen LogP contribution in [0.1, 0.15) is 16.8 Å². The van der Waals surface area contributed by atoms with Crippen molar-refractivity contribution in [1.82, 2.24) is 15.1 Å². The number of benzene rings is 1. The third-order valence-corrected chi connectivity index (χ3v) is 2.88. The zero-order valence-corrected chi connectivity index (χ0v) is 11.4. The summed E-state index contributed by atoms with van der Waals surface area (Å²) in [5.41, 5.74) is 6.71. The number of aryl methyl sites for hydroxylation is 1. The van der Waals surface area contributed by atoms with E-state index in [0.717, 1.165) is 13.0 Å². The van der Waals surface area contributed by atoms with Crippen molar-refractivity contribution in [3.63, 3.8) is 0 Å². The van der Waals surface area contributed by atoms with Crippen LogP contribution in [0.4, 0.5) is 5.69 Å². The number of anilines is 1. The van der Waals surface area contributed by atoms with Gasteiger partial charge in [0.15, 0.2) is 0 Å². The van der Waals surface area contributed by atoms with Gasteiger partial charge < -0.3 is 15.8 Å². The van der Waals surface area contributed by atoms with Crippen molar-refractivity contribution in [1.29, 1.82) is 0 Å². The average molecular weight is 274 g/mol. The molecule has 0 bridgehead atoms. The van der Waals surface area contributed by atoms with Crippen LogP contribution >= 0.6 is 0 Å². The number of carbonyl (C=O) groups excluding carboxylic acids is 1. The van der Waals surface area contributed by atoms with E-state index in [9.17, 15) is 4.79 Å². The lowest BCUT2D eigenvalue weighted by atomic mass is 10.1. The number of hydrogen-bond acceptors (Lipinski definition) is 4. The van der Waals surface area contributed by atoms with Crippen molar-refractivity contribution in [2.75, 3.05) is 19.4 Å². The van der Waals surface area contributed by atoms with E-state index in [0.29, 0.717) is 23.5 Å². The zero-order valence-electron chi connectivity index (χ0n) is 11.4. The Balaban J connectivity index is 1.85. The molecule has 0 unspecified atom stereocenters. The number of ether oxygens (including phenoxy) is 1. The highest BCUT2D eigenvalue weighted by molar-refractivity contribution is 5.97. The van der Waals surface area contributed by atoms with E-state index >= 15 is 0 Å². The Morgan fingerprint density at radius 1 is 1.50 bits per heavy atom. The molecule has 0 radical (unpaired) electrons. The normalized spacial score (nSPS) is 10.2. The van der Waals surface area contributed by atoms with Gasteiger partial charge in [-0.05, 0) is 24.6 Å². The maximum absolute atomic E-state index is 12.0. The fraction of sp³-hybridized carbons (Fsp3) is 0.286. The minimum absolute atomic E-state index is 0.165. The van der Waals surface area contributed by atoms with Crippen LogP contribution in [0.25, 0.3) is 0 Å². The second-order valence-corrected chi connectivity index (χ2v) is 4.34. The van der Waals surface area contributed by atoms with Crippen LogP contribution in [0.3, 0.4) is 0 Å². The standard InChI is InChI=1S/C14H18N4O2/c1-20-13-10-11(15)4-5-12(13)14(19)16-6-2-8-18-9-3-7-17-18/h3-5,7,9-10H,2,6,8,15H2,1H3,(H,16,19). The molecule has 6 heteroatoms. The topological polar surface area (TPSA) is 82.2 Å². The molecule has 3 N–H and O–H groups in total. The van der Waals surface area contributed by atoms with Gasteiger partial charge in [-0.1, -0.05) is 0 Å². The van der Waals surface area contributed by atoms with Gasteiger partial charge in [-0.25, -0.2) is 0 Å². The summed E-state index contributed by atoms with van der Waals surface area (Å²) >= 11 is 0. The number of aromatic nitrogens is 2. The Labute approximate surface area is 117 Å². The van der Waals surface area contributed by atoms with E-state index in [2.05, 4.69) is 10.4 Å². The molecule has 2 aromatic rings. The molecule has 0 fully saturated rings. The Bertz CT molecular complexity index is 567.